The predicted molar refractivity (Wildman–Crippen MR) is 123 cm³/mol. The highest BCUT2D eigenvalue weighted by atomic mass is 32.2. The van der Waals surface area contributed by atoms with Crippen LogP contribution >= 0.6 is 0 Å². The van der Waals surface area contributed by atoms with E-state index < -0.39 is 22.0 Å². The van der Waals surface area contributed by atoms with Crippen molar-refractivity contribution in [2.24, 2.45) is 0 Å². The molecule has 0 bridgehead atoms. The number of para-hydroxylation sites is 2. The number of carbonyl (C=O) groups excluding carboxylic acids is 1. The van der Waals surface area contributed by atoms with Crippen molar-refractivity contribution in [3.05, 3.63) is 78.4 Å². The fourth-order valence-electron chi connectivity index (χ4n) is 3.43. The van der Waals surface area contributed by atoms with Crippen molar-refractivity contribution in [2.75, 3.05) is 22.8 Å². The Morgan fingerprint density at radius 2 is 1.75 bits per heavy atom. The molecule has 3 aromatic rings. The van der Waals surface area contributed by atoms with Gasteiger partial charge in [-0.05, 0) is 62.4 Å². The van der Waals surface area contributed by atoms with Gasteiger partial charge in [0.1, 0.15) is 11.5 Å². The highest BCUT2D eigenvalue weighted by Gasteiger charge is 2.37. The Balaban J connectivity index is 1.60. The number of ether oxygens (including phenoxy) is 2. The van der Waals surface area contributed by atoms with E-state index in [-0.39, 0.29) is 11.4 Å². The van der Waals surface area contributed by atoms with E-state index in [1.807, 2.05) is 13.8 Å². The molecule has 32 heavy (non-hydrogen) atoms. The van der Waals surface area contributed by atoms with Crippen molar-refractivity contribution in [1.82, 2.24) is 0 Å². The lowest BCUT2D eigenvalue weighted by molar-refractivity contribution is -0.122. The van der Waals surface area contributed by atoms with E-state index >= 15 is 0 Å². The second-order valence-electron chi connectivity index (χ2n) is 7.37. The van der Waals surface area contributed by atoms with Crippen LogP contribution in [0.4, 0.5) is 11.4 Å². The van der Waals surface area contributed by atoms with E-state index in [1.165, 1.54) is 4.31 Å². The summed E-state index contributed by atoms with van der Waals surface area (Å²) >= 11 is 0. The summed E-state index contributed by atoms with van der Waals surface area (Å²) in [5.41, 5.74) is 1.92. The third-order valence-electron chi connectivity index (χ3n) is 5.07. The Morgan fingerprint density at radius 1 is 1.06 bits per heavy atom. The molecule has 0 aliphatic carbocycles. The molecule has 0 aromatic heterocycles. The van der Waals surface area contributed by atoms with Crippen LogP contribution in [0.2, 0.25) is 0 Å². The molecule has 1 aliphatic rings. The summed E-state index contributed by atoms with van der Waals surface area (Å²) in [4.78, 5) is 13.1. The number of rotatable bonds is 6. The average molecular weight is 453 g/mol. The summed E-state index contributed by atoms with van der Waals surface area (Å²) in [5, 5.41) is 2.79. The van der Waals surface area contributed by atoms with Crippen LogP contribution in [0.3, 0.4) is 0 Å². The first-order chi connectivity index (χ1) is 15.4. The number of nitrogens with one attached hydrogen (secondary N) is 1. The van der Waals surface area contributed by atoms with E-state index in [0.717, 1.165) is 5.56 Å². The lowest BCUT2D eigenvalue weighted by atomic mass is 10.2. The number of sulfonamides is 1. The zero-order valence-electron chi connectivity index (χ0n) is 17.8. The quantitative estimate of drug-likeness (QED) is 0.611. The van der Waals surface area contributed by atoms with Gasteiger partial charge in [-0.25, -0.2) is 8.42 Å². The van der Waals surface area contributed by atoms with Crippen LogP contribution in [0.15, 0.2) is 77.7 Å². The largest absolute Gasteiger partial charge is 0.494 e. The molecule has 1 amide bonds. The van der Waals surface area contributed by atoms with Crippen LogP contribution in [-0.4, -0.2) is 33.6 Å². The van der Waals surface area contributed by atoms with Crippen molar-refractivity contribution in [3.8, 4) is 11.5 Å². The fourth-order valence-corrected chi connectivity index (χ4v) is 4.90. The molecule has 0 saturated heterocycles. The smallest absolute Gasteiger partial charge is 0.267 e. The lowest BCUT2D eigenvalue weighted by Gasteiger charge is -2.34. The zero-order valence-corrected chi connectivity index (χ0v) is 18.6. The number of aryl methyl sites for hydroxylation is 1. The molecule has 3 aromatic carbocycles. The Bertz CT molecular complexity index is 1210. The summed E-state index contributed by atoms with van der Waals surface area (Å²) in [7, 11) is -3.89. The molecule has 0 spiro atoms. The van der Waals surface area contributed by atoms with Crippen LogP contribution in [-0.2, 0) is 14.8 Å². The van der Waals surface area contributed by atoms with E-state index in [0.29, 0.717) is 29.5 Å². The van der Waals surface area contributed by atoms with Crippen molar-refractivity contribution >= 4 is 27.3 Å². The molecule has 8 heteroatoms. The standard InChI is InChI=1S/C24H24N2O5S/c1-3-30-19-12-10-18(11-13-19)25-24(27)23-16-26(21-6-4-5-7-22(21)31-23)32(28,29)20-14-8-17(2)9-15-20/h4-15,23H,3,16H2,1-2H3,(H,25,27)/t23-/m1/s1. The van der Waals surface area contributed by atoms with E-state index in [4.69, 9.17) is 9.47 Å². The summed E-state index contributed by atoms with van der Waals surface area (Å²) in [6.07, 6.45) is -1.02. The molecule has 166 valence electrons. The van der Waals surface area contributed by atoms with E-state index in [1.54, 1.807) is 72.8 Å². The second-order valence-corrected chi connectivity index (χ2v) is 9.23. The molecule has 0 unspecified atom stereocenters. The SMILES string of the molecule is CCOc1ccc(NC(=O)[C@H]2CN(S(=O)(=O)c3ccc(C)cc3)c3ccccc3O2)cc1. The molecule has 1 heterocycles. The third kappa shape index (κ3) is 4.40. The van der Waals surface area contributed by atoms with E-state index in [9.17, 15) is 13.2 Å². The van der Waals surface area contributed by atoms with Crippen LogP contribution in [0.25, 0.3) is 0 Å². The van der Waals surface area contributed by atoms with Crippen LogP contribution in [0.1, 0.15) is 12.5 Å². The van der Waals surface area contributed by atoms with Crippen molar-refractivity contribution < 1.29 is 22.7 Å². The Kier molecular flexibility index (Phi) is 6.05. The van der Waals surface area contributed by atoms with E-state index in [2.05, 4.69) is 5.32 Å². The average Bonchev–Trinajstić information content (AvgIpc) is 2.80. The van der Waals surface area contributed by atoms with Gasteiger partial charge in [0, 0.05) is 5.69 Å². The van der Waals surface area contributed by atoms with Gasteiger partial charge >= 0.3 is 0 Å². The second kappa shape index (κ2) is 8.92. The van der Waals surface area contributed by atoms with Gasteiger partial charge in [0.25, 0.3) is 15.9 Å². The van der Waals surface area contributed by atoms with Gasteiger partial charge in [-0.1, -0.05) is 29.8 Å². The first-order valence-corrected chi connectivity index (χ1v) is 11.7. The monoisotopic (exact) mass is 452 g/mol. The minimum absolute atomic E-state index is 0.143. The van der Waals surface area contributed by atoms with Crippen LogP contribution < -0.4 is 19.1 Å². The van der Waals surface area contributed by atoms with Crippen LogP contribution in [0, 0.1) is 6.92 Å². The molecule has 0 fully saturated rings. The topological polar surface area (TPSA) is 84.9 Å². The fraction of sp³-hybridized carbons (Fsp3) is 0.208. The van der Waals surface area contributed by atoms with Gasteiger partial charge in [0.15, 0.2) is 6.10 Å². The van der Waals surface area contributed by atoms with Crippen molar-refractivity contribution in [1.29, 1.82) is 0 Å². The van der Waals surface area contributed by atoms with Gasteiger partial charge in [-0.3, -0.25) is 9.10 Å². The predicted octanol–water partition coefficient (Wildman–Crippen LogP) is 3.99. The number of fused-ring (bicyclic) bond motifs is 1. The highest BCUT2D eigenvalue weighted by molar-refractivity contribution is 7.92. The molecule has 7 nitrogen and oxygen atoms in total. The molecular formula is C24H24N2O5S. The molecule has 1 atom stereocenters. The Labute approximate surface area is 187 Å². The molecule has 0 radical (unpaired) electrons. The number of hydrogen-bond donors (Lipinski definition) is 1. The number of carbonyl (C=O) groups is 1. The highest BCUT2D eigenvalue weighted by Crippen LogP contribution is 2.37. The lowest BCUT2D eigenvalue weighted by Crippen LogP contribution is -2.48. The van der Waals surface area contributed by atoms with Gasteiger partial charge in [-0.15, -0.1) is 0 Å². The minimum Gasteiger partial charge on any atom is -0.494 e. The molecule has 1 aliphatic heterocycles. The first-order valence-electron chi connectivity index (χ1n) is 10.3. The number of hydrogen-bond acceptors (Lipinski definition) is 5. The molecule has 1 N–H and O–H groups in total. The summed E-state index contributed by atoms with van der Waals surface area (Å²) in [6.45, 7) is 4.19. The molecular weight excluding hydrogens is 428 g/mol. The van der Waals surface area contributed by atoms with Gasteiger partial charge in [0.05, 0.1) is 23.7 Å². The first kappa shape index (κ1) is 21.7. The minimum atomic E-state index is -3.89. The number of nitrogens with zero attached hydrogens (tertiary/aromatic N) is 1. The van der Waals surface area contributed by atoms with Crippen LogP contribution in [0.5, 0.6) is 11.5 Å². The maximum absolute atomic E-state index is 13.4. The molecule has 4 rings (SSSR count). The Morgan fingerprint density at radius 3 is 2.44 bits per heavy atom. The summed E-state index contributed by atoms with van der Waals surface area (Å²) in [6, 6.07) is 20.4. The zero-order chi connectivity index (χ0) is 22.7. The number of anilines is 2. The third-order valence-corrected chi connectivity index (χ3v) is 6.86. The molecule has 0 saturated carbocycles. The van der Waals surface area contributed by atoms with Gasteiger partial charge in [0.2, 0.25) is 0 Å². The van der Waals surface area contributed by atoms with Gasteiger partial charge in [-0.2, -0.15) is 0 Å². The number of benzene rings is 3. The normalized spacial score (nSPS) is 15.4. The summed E-state index contributed by atoms with van der Waals surface area (Å²) < 4.78 is 39.3. The Hall–Kier alpha value is -3.52. The number of amides is 1. The summed E-state index contributed by atoms with van der Waals surface area (Å²) in [5.74, 6) is 0.595. The maximum Gasteiger partial charge on any atom is 0.267 e. The maximum atomic E-state index is 13.4. The van der Waals surface area contributed by atoms with Crippen molar-refractivity contribution in [2.45, 2.75) is 24.8 Å². The van der Waals surface area contributed by atoms with Crippen molar-refractivity contribution in [3.63, 3.8) is 0 Å². The van der Waals surface area contributed by atoms with Gasteiger partial charge < -0.3 is 14.8 Å².